The topological polar surface area (TPSA) is 98.7 Å². The SMILES string of the molecule is CC(C)=CC(=O)N[C@@H](Cc1ccccc1)[C@H](O)C(=O)N1CSC(C)(C)C1C(=O)NCc1ccccc1C. The van der Waals surface area contributed by atoms with Crippen LogP contribution in [0.4, 0.5) is 0 Å². The van der Waals surface area contributed by atoms with Crippen LogP contribution < -0.4 is 10.6 Å². The number of benzene rings is 2. The Bertz CT molecular complexity index is 1140. The van der Waals surface area contributed by atoms with Crippen LogP contribution in [0.25, 0.3) is 0 Å². The molecule has 3 atom stereocenters. The number of nitrogens with zero attached hydrogens (tertiary/aromatic N) is 1. The lowest BCUT2D eigenvalue weighted by Crippen LogP contribution is -2.58. The molecule has 2 aromatic carbocycles. The number of carbonyl (C=O) groups excluding carboxylic acids is 3. The van der Waals surface area contributed by atoms with E-state index in [4.69, 9.17) is 0 Å². The average molecular weight is 524 g/mol. The number of hydrogen-bond acceptors (Lipinski definition) is 5. The molecule has 37 heavy (non-hydrogen) atoms. The molecule has 1 aliphatic rings. The van der Waals surface area contributed by atoms with Gasteiger partial charge >= 0.3 is 0 Å². The Morgan fingerprint density at radius 2 is 1.76 bits per heavy atom. The summed E-state index contributed by atoms with van der Waals surface area (Å²) < 4.78 is -0.550. The van der Waals surface area contributed by atoms with Gasteiger partial charge in [-0.25, -0.2) is 0 Å². The van der Waals surface area contributed by atoms with Crippen molar-refractivity contribution in [1.29, 1.82) is 0 Å². The van der Waals surface area contributed by atoms with Gasteiger partial charge in [0, 0.05) is 17.4 Å². The van der Waals surface area contributed by atoms with E-state index in [2.05, 4.69) is 10.6 Å². The number of nitrogens with one attached hydrogen (secondary N) is 2. The first kappa shape index (κ1) is 28.5. The monoisotopic (exact) mass is 523 g/mol. The predicted molar refractivity (Wildman–Crippen MR) is 148 cm³/mol. The molecule has 3 N–H and O–H groups in total. The zero-order valence-electron chi connectivity index (χ0n) is 22.2. The third-order valence-corrected chi connectivity index (χ3v) is 7.85. The molecular formula is C29H37N3O4S. The quantitative estimate of drug-likeness (QED) is 0.438. The smallest absolute Gasteiger partial charge is 0.254 e. The van der Waals surface area contributed by atoms with E-state index >= 15 is 0 Å². The predicted octanol–water partition coefficient (Wildman–Crippen LogP) is 3.35. The van der Waals surface area contributed by atoms with Gasteiger partial charge in [0.15, 0.2) is 6.10 Å². The van der Waals surface area contributed by atoms with E-state index in [0.717, 1.165) is 22.3 Å². The normalized spacial score (nSPS) is 18.0. The first-order chi connectivity index (χ1) is 17.5. The number of aliphatic hydroxyl groups excluding tert-OH is 1. The summed E-state index contributed by atoms with van der Waals surface area (Å²) in [4.78, 5) is 41.0. The average Bonchev–Trinajstić information content (AvgIpc) is 3.17. The van der Waals surface area contributed by atoms with Crippen LogP contribution in [0.15, 0.2) is 66.2 Å². The molecular weight excluding hydrogens is 486 g/mol. The molecule has 198 valence electrons. The molecule has 0 aliphatic carbocycles. The highest BCUT2D eigenvalue weighted by atomic mass is 32.2. The lowest BCUT2D eigenvalue weighted by molar-refractivity contribution is -0.147. The van der Waals surface area contributed by atoms with E-state index in [1.807, 2.05) is 75.4 Å². The Balaban J connectivity index is 1.80. The fourth-order valence-corrected chi connectivity index (χ4v) is 5.58. The van der Waals surface area contributed by atoms with Gasteiger partial charge in [-0.3, -0.25) is 14.4 Å². The number of rotatable bonds is 9. The van der Waals surface area contributed by atoms with E-state index < -0.39 is 28.8 Å². The Morgan fingerprint density at radius 3 is 2.41 bits per heavy atom. The van der Waals surface area contributed by atoms with E-state index in [0.29, 0.717) is 6.54 Å². The van der Waals surface area contributed by atoms with Crippen molar-refractivity contribution >= 4 is 29.5 Å². The maximum absolute atomic E-state index is 13.6. The first-order valence-electron chi connectivity index (χ1n) is 12.4. The highest BCUT2D eigenvalue weighted by Gasteiger charge is 2.49. The zero-order valence-corrected chi connectivity index (χ0v) is 23.0. The largest absolute Gasteiger partial charge is 0.381 e. The van der Waals surface area contributed by atoms with Crippen molar-refractivity contribution in [3.8, 4) is 0 Å². The highest BCUT2D eigenvalue weighted by molar-refractivity contribution is 8.00. The highest BCUT2D eigenvalue weighted by Crippen LogP contribution is 2.40. The Labute approximate surface area is 223 Å². The van der Waals surface area contributed by atoms with Crippen LogP contribution in [0.1, 0.15) is 44.4 Å². The number of amides is 3. The van der Waals surface area contributed by atoms with Gasteiger partial charge in [0.05, 0.1) is 11.9 Å². The second kappa shape index (κ2) is 12.4. The summed E-state index contributed by atoms with van der Waals surface area (Å²) in [5.41, 5.74) is 3.75. The maximum Gasteiger partial charge on any atom is 0.254 e. The van der Waals surface area contributed by atoms with Crippen LogP contribution in [0, 0.1) is 6.92 Å². The summed E-state index contributed by atoms with van der Waals surface area (Å²) in [6, 6.07) is 15.6. The molecule has 0 radical (unpaired) electrons. The minimum Gasteiger partial charge on any atom is -0.381 e. The number of allylic oxidation sites excluding steroid dienone is 1. The molecule has 1 unspecified atom stereocenters. The third-order valence-electron chi connectivity index (χ3n) is 6.47. The van der Waals surface area contributed by atoms with Crippen molar-refractivity contribution in [2.45, 2.75) is 70.5 Å². The molecule has 1 heterocycles. The molecule has 7 nitrogen and oxygen atoms in total. The maximum atomic E-state index is 13.6. The molecule has 1 fully saturated rings. The number of carbonyl (C=O) groups is 3. The van der Waals surface area contributed by atoms with Crippen LogP contribution in [0.5, 0.6) is 0 Å². The van der Waals surface area contributed by atoms with Crippen molar-refractivity contribution in [2.24, 2.45) is 0 Å². The number of aliphatic hydroxyl groups is 1. The molecule has 3 rings (SSSR count). The van der Waals surface area contributed by atoms with Gasteiger partial charge in [-0.2, -0.15) is 0 Å². The zero-order chi connectivity index (χ0) is 27.2. The summed E-state index contributed by atoms with van der Waals surface area (Å²) in [5, 5.41) is 17.0. The molecule has 0 aromatic heterocycles. The first-order valence-corrected chi connectivity index (χ1v) is 13.4. The molecule has 0 spiro atoms. The fourth-order valence-electron chi connectivity index (χ4n) is 4.44. The second-order valence-electron chi connectivity index (χ2n) is 10.2. The summed E-state index contributed by atoms with van der Waals surface area (Å²) in [6.45, 7) is 9.79. The van der Waals surface area contributed by atoms with Crippen molar-refractivity contribution in [3.63, 3.8) is 0 Å². The Kier molecular flexibility index (Phi) is 9.56. The van der Waals surface area contributed by atoms with Gasteiger partial charge in [0.2, 0.25) is 11.8 Å². The second-order valence-corrected chi connectivity index (χ2v) is 11.8. The lowest BCUT2D eigenvalue weighted by Gasteiger charge is -2.33. The Morgan fingerprint density at radius 1 is 1.11 bits per heavy atom. The van der Waals surface area contributed by atoms with E-state index in [1.165, 1.54) is 22.7 Å². The molecule has 3 amide bonds. The molecule has 2 aromatic rings. The summed E-state index contributed by atoms with van der Waals surface area (Å²) >= 11 is 1.49. The van der Waals surface area contributed by atoms with Crippen LogP contribution in [0.2, 0.25) is 0 Å². The molecule has 1 aliphatic heterocycles. The van der Waals surface area contributed by atoms with E-state index in [9.17, 15) is 19.5 Å². The van der Waals surface area contributed by atoms with Gasteiger partial charge in [-0.05, 0) is 57.7 Å². The molecule has 8 heteroatoms. The van der Waals surface area contributed by atoms with Crippen molar-refractivity contribution < 1.29 is 19.5 Å². The molecule has 0 saturated carbocycles. The van der Waals surface area contributed by atoms with Crippen molar-refractivity contribution in [2.75, 3.05) is 5.88 Å². The van der Waals surface area contributed by atoms with Crippen molar-refractivity contribution in [1.82, 2.24) is 15.5 Å². The third kappa shape index (κ3) is 7.46. The van der Waals surface area contributed by atoms with E-state index in [-0.39, 0.29) is 24.1 Å². The van der Waals surface area contributed by atoms with Gasteiger partial charge in [-0.15, -0.1) is 11.8 Å². The molecule has 1 saturated heterocycles. The minimum atomic E-state index is -1.52. The Hall–Kier alpha value is -3.10. The number of aryl methyl sites for hydroxylation is 1. The summed E-state index contributed by atoms with van der Waals surface area (Å²) in [5.74, 6) is -0.957. The fraction of sp³-hybridized carbons (Fsp3) is 0.414. The summed E-state index contributed by atoms with van der Waals surface area (Å²) in [7, 11) is 0. The van der Waals surface area contributed by atoms with Gasteiger partial charge in [0.1, 0.15) is 6.04 Å². The van der Waals surface area contributed by atoms with Crippen LogP contribution in [0.3, 0.4) is 0 Å². The standard InChI is InChI=1S/C29H37N3O4S/c1-19(2)15-24(33)31-23(16-21-12-7-6-8-13-21)25(34)28(36)32-18-37-29(4,5)26(32)27(35)30-17-22-14-10-9-11-20(22)3/h6-15,23,25-26,34H,16-18H2,1-5H3,(H,30,35)(H,31,33)/t23-,25-,26?/m0/s1. The van der Waals surface area contributed by atoms with Gasteiger partial charge in [-0.1, -0.05) is 60.2 Å². The minimum absolute atomic E-state index is 0.268. The van der Waals surface area contributed by atoms with Crippen LogP contribution >= 0.6 is 11.8 Å². The van der Waals surface area contributed by atoms with Crippen molar-refractivity contribution in [3.05, 3.63) is 82.9 Å². The van der Waals surface area contributed by atoms with Crippen LogP contribution in [-0.4, -0.2) is 56.5 Å². The van der Waals surface area contributed by atoms with Gasteiger partial charge in [0.25, 0.3) is 5.91 Å². The van der Waals surface area contributed by atoms with Gasteiger partial charge < -0.3 is 20.6 Å². The lowest BCUT2D eigenvalue weighted by atomic mass is 9.97. The van der Waals surface area contributed by atoms with Crippen LogP contribution in [-0.2, 0) is 27.3 Å². The number of hydrogen-bond donors (Lipinski definition) is 3. The number of thioether (sulfide) groups is 1. The molecule has 0 bridgehead atoms. The summed E-state index contributed by atoms with van der Waals surface area (Å²) in [6.07, 6.45) is 0.187. The van der Waals surface area contributed by atoms with E-state index in [1.54, 1.807) is 13.8 Å².